The number of aryl methyl sites for hydroxylation is 1. The van der Waals surface area contributed by atoms with Crippen LogP contribution < -0.4 is 0 Å². The lowest BCUT2D eigenvalue weighted by Gasteiger charge is -2.21. The topological polar surface area (TPSA) is 48.1 Å². The molecule has 24 heavy (non-hydrogen) atoms. The molecule has 0 radical (unpaired) electrons. The number of hydrogen-bond acceptors (Lipinski definition) is 4. The molecule has 1 aliphatic heterocycles. The van der Waals surface area contributed by atoms with E-state index in [2.05, 4.69) is 37.3 Å². The van der Waals surface area contributed by atoms with Gasteiger partial charge in [-0.25, -0.2) is 4.79 Å². The van der Waals surface area contributed by atoms with Crippen molar-refractivity contribution in [3.63, 3.8) is 0 Å². The lowest BCUT2D eigenvalue weighted by molar-refractivity contribution is -0.0459. The molecule has 4 heteroatoms. The fourth-order valence-electron chi connectivity index (χ4n) is 3.12. The van der Waals surface area contributed by atoms with E-state index >= 15 is 0 Å². The summed E-state index contributed by atoms with van der Waals surface area (Å²) in [5.74, 6) is -0.206. The van der Waals surface area contributed by atoms with Crippen molar-refractivity contribution < 1.29 is 19.0 Å². The smallest absolute Gasteiger partial charge is 0.435 e. The molecule has 1 heterocycles. The average molecular weight is 334 g/mol. The van der Waals surface area contributed by atoms with Crippen molar-refractivity contribution in [2.75, 3.05) is 13.2 Å². The van der Waals surface area contributed by atoms with Crippen molar-refractivity contribution in [3.05, 3.63) is 35.9 Å². The molecular weight excluding hydrogens is 304 g/mol. The standard InChI is InChI=1S/C20H30O4/c1-3-5-10-18(14-9-13-17-11-7-6-8-12-17)15-20(16-23-20)24-19(21)22-4-2/h6-8,11-12,18H,3-5,9-10,13-16H2,1-2H3. The molecule has 1 aromatic rings. The number of unbranched alkanes of at least 4 members (excludes halogenated alkanes) is 1. The monoisotopic (exact) mass is 334 g/mol. The lowest BCUT2D eigenvalue weighted by atomic mass is 9.90. The van der Waals surface area contributed by atoms with Crippen LogP contribution >= 0.6 is 0 Å². The van der Waals surface area contributed by atoms with E-state index in [1.807, 2.05) is 0 Å². The first-order chi connectivity index (χ1) is 11.7. The van der Waals surface area contributed by atoms with Crippen LogP contribution in [0.1, 0.15) is 57.9 Å². The number of ether oxygens (including phenoxy) is 3. The van der Waals surface area contributed by atoms with Gasteiger partial charge in [0, 0.05) is 6.42 Å². The van der Waals surface area contributed by atoms with Crippen LogP contribution in [0.4, 0.5) is 4.79 Å². The van der Waals surface area contributed by atoms with E-state index < -0.39 is 11.9 Å². The first-order valence-electron chi connectivity index (χ1n) is 9.21. The molecule has 1 saturated heterocycles. The third-order valence-corrected chi connectivity index (χ3v) is 4.48. The number of carbonyl (C=O) groups excluding carboxylic acids is 1. The third-order valence-electron chi connectivity index (χ3n) is 4.48. The van der Waals surface area contributed by atoms with Crippen LogP contribution in [0.5, 0.6) is 0 Å². The van der Waals surface area contributed by atoms with Gasteiger partial charge in [0.25, 0.3) is 0 Å². The van der Waals surface area contributed by atoms with Crippen LogP contribution in [-0.2, 0) is 20.6 Å². The van der Waals surface area contributed by atoms with Gasteiger partial charge in [0.15, 0.2) is 0 Å². The molecule has 0 amide bonds. The highest BCUT2D eigenvalue weighted by molar-refractivity contribution is 5.60. The predicted octanol–water partition coefficient (Wildman–Crippen LogP) is 5.11. The molecule has 0 aromatic heterocycles. The highest BCUT2D eigenvalue weighted by atomic mass is 16.8. The quantitative estimate of drug-likeness (QED) is 0.417. The Bertz CT molecular complexity index is 482. The van der Waals surface area contributed by atoms with Gasteiger partial charge in [-0.1, -0.05) is 56.5 Å². The van der Waals surface area contributed by atoms with E-state index in [0.717, 1.165) is 32.1 Å². The SMILES string of the molecule is CCCCC(CCCc1ccccc1)CC1(OC(=O)OCC)CO1. The summed E-state index contributed by atoms with van der Waals surface area (Å²) in [6.45, 7) is 4.80. The molecular formula is C20H30O4. The van der Waals surface area contributed by atoms with Crippen molar-refractivity contribution in [1.29, 1.82) is 0 Å². The van der Waals surface area contributed by atoms with Crippen LogP contribution in [0.2, 0.25) is 0 Å². The van der Waals surface area contributed by atoms with Crippen molar-refractivity contribution in [2.45, 2.75) is 64.6 Å². The van der Waals surface area contributed by atoms with Crippen LogP contribution in [0, 0.1) is 5.92 Å². The van der Waals surface area contributed by atoms with E-state index in [-0.39, 0.29) is 0 Å². The summed E-state index contributed by atoms with van der Waals surface area (Å²) in [6.07, 6.45) is 7.07. The average Bonchev–Trinajstić information content (AvgIpc) is 3.32. The first kappa shape index (κ1) is 18.8. The molecule has 2 unspecified atom stereocenters. The molecule has 4 nitrogen and oxygen atoms in total. The number of carbonyl (C=O) groups is 1. The van der Waals surface area contributed by atoms with Gasteiger partial charge in [0.1, 0.15) is 6.61 Å². The van der Waals surface area contributed by atoms with Gasteiger partial charge in [-0.05, 0) is 37.7 Å². The lowest BCUT2D eigenvalue weighted by Crippen LogP contribution is -2.25. The molecule has 2 rings (SSSR count). The second kappa shape index (κ2) is 9.67. The number of epoxide rings is 1. The summed E-state index contributed by atoms with van der Waals surface area (Å²) in [7, 11) is 0. The van der Waals surface area contributed by atoms with Gasteiger partial charge in [0.05, 0.1) is 6.61 Å². The van der Waals surface area contributed by atoms with Crippen LogP contribution in [-0.4, -0.2) is 25.2 Å². The maximum Gasteiger partial charge on any atom is 0.510 e. The Morgan fingerprint density at radius 2 is 1.92 bits per heavy atom. The maximum absolute atomic E-state index is 11.6. The minimum atomic E-state index is -0.725. The van der Waals surface area contributed by atoms with Gasteiger partial charge in [-0.3, -0.25) is 0 Å². The zero-order valence-electron chi connectivity index (χ0n) is 15.0. The molecule has 0 spiro atoms. The molecule has 2 atom stereocenters. The van der Waals surface area contributed by atoms with Crippen LogP contribution in [0.15, 0.2) is 30.3 Å². The van der Waals surface area contributed by atoms with Gasteiger partial charge in [0.2, 0.25) is 5.79 Å². The van der Waals surface area contributed by atoms with E-state index in [9.17, 15) is 4.79 Å². The summed E-state index contributed by atoms with van der Waals surface area (Å²) in [4.78, 5) is 11.6. The van der Waals surface area contributed by atoms with Gasteiger partial charge in [-0.15, -0.1) is 0 Å². The highest BCUT2D eigenvalue weighted by Crippen LogP contribution is 2.38. The molecule has 0 bridgehead atoms. The largest absolute Gasteiger partial charge is 0.510 e. The summed E-state index contributed by atoms with van der Waals surface area (Å²) in [5.41, 5.74) is 1.38. The second-order valence-corrected chi connectivity index (χ2v) is 6.57. The van der Waals surface area contributed by atoms with Gasteiger partial charge < -0.3 is 14.2 Å². The normalized spacial score (nSPS) is 20.4. The van der Waals surface area contributed by atoms with Gasteiger partial charge >= 0.3 is 6.16 Å². The Kier molecular flexibility index (Phi) is 7.57. The number of hydrogen-bond donors (Lipinski definition) is 0. The predicted molar refractivity (Wildman–Crippen MR) is 93.8 cm³/mol. The van der Waals surface area contributed by atoms with Crippen molar-refractivity contribution in [1.82, 2.24) is 0 Å². The second-order valence-electron chi connectivity index (χ2n) is 6.57. The number of benzene rings is 1. The molecule has 1 fully saturated rings. The fraction of sp³-hybridized carbons (Fsp3) is 0.650. The first-order valence-corrected chi connectivity index (χ1v) is 9.21. The third kappa shape index (κ3) is 6.52. The minimum absolute atomic E-state index is 0.325. The van der Waals surface area contributed by atoms with E-state index in [1.54, 1.807) is 6.92 Å². The van der Waals surface area contributed by atoms with E-state index in [0.29, 0.717) is 19.1 Å². The van der Waals surface area contributed by atoms with Crippen molar-refractivity contribution >= 4 is 6.16 Å². The Hall–Kier alpha value is -1.55. The summed E-state index contributed by atoms with van der Waals surface area (Å²) < 4.78 is 15.7. The summed E-state index contributed by atoms with van der Waals surface area (Å²) in [6, 6.07) is 10.6. The zero-order chi connectivity index (χ0) is 17.3. The van der Waals surface area contributed by atoms with Crippen molar-refractivity contribution in [2.24, 2.45) is 5.92 Å². The molecule has 1 aliphatic rings. The summed E-state index contributed by atoms with van der Waals surface area (Å²) >= 11 is 0. The van der Waals surface area contributed by atoms with Crippen molar-refractivity contribution in [3.8, 4) is 0 Å². The molecule has 1 aromatic carbocycles. The fourth-order valence-corrected chi connectivity index (χ4v) is 3.12. The molecule has 0 N–H and O–H groups in total. The van der Waals surface area contributed by atoms with Crippen LogP contribution in [0.3, 0.4) is 0 Å². The Morgan fingerprint density at radius 3 is 2.54 bits per heavy atom. The Morgan fingerprint density at radius 1 is 1.21 bits per heavy atom. The van der Waals surface area contributed by atoms with Crippen LogP contribution in [0.25, 0.3) is 0 Å². The van der Waals surface area contributed by atoms with Gasteiger partial charge in [-0.2, -0.15) is 0 Å². The van der Waals surface area contributed by atoms with E-state index in [1.165, 1.54) is 18.4 Å². The summed E-state index contributed by atoms with van der Waals surface area (Å²) in [5, 5.41) is 0. The molecule has 0 saturated carbocycles. The maximum atomic E-state index is 11.6. The van der Waals surface area contributed by atoms with E-state index in [4.69, 9.17) is 14.2 Å². The molecule has 134 valence electrons. The highest BCUT2D eigenvalue weighted by Gasteiger charge is 2.50. The molecule has 0 aliphatic carbocycles. The Labute approximate surface area is 145 Å². The zero-order valence-corrected chi connectivity index (χ0v) is 15.0. The number of rotatable bonds is 11. The minimum Gasteiger partial charge on any atom is -0.435 e. The Balaban J connectivity index is 1.80.